The van der Waals surface area contributed by atoms with E-state index in [1.54, 1.807) is 24.5 Å². The number of aromatic nitrogens is 4. The van der Waals surface area contributed by atoms with Crippen LogP contribution >= 0.6 is 11.3 Å². The van der Waals surface area contributed by atoms with Crippen molar-refractivity contribution in [3.05, 3.63) is 56.5 Å². The van der Waals surface area contributed by atoms with Crippen LogP contribution in [0.4, 0.5) is 5.82 Å². The Kier molecular flexibility index (Phi) is 6.38. The second-order valence-electron chi connectivity index (χ2n) is 7.16. The fourth-order valence-corrected chi connectivity index (χ4v) is 4.34. The van der Waals surface area contributed by atoms with Gasteiger partial charge in [0.15, 0.2) is 0 Å². The zero-order valence-electron chi connectivity index (χ0n) is 17.3. The molecule has 0 atom stereocenters. The number of piperidine rings is 1. The van der Waals surface area contributed by atoms with Gasteiger partial charge in [-0.2, -0.15) is 10.2 Å². The van der Waals surface area contributed by atoms with Crippen molar-refractivity contribution in [3.63, 3.8) is 0 Å². The molecule has 158 valence electrons. The maximum Gasteiger partial charge on any atom is 0.317 e. The number of rotatable bonds is 5. The van der Waals surface area contributed by atoms with Gasteiger partial charge in [-0.15, -0.1) is 0 Å². The highest BCUT2D eigenvalue weighted by molar-refractivity contribution is 7.07. The molecule has 0 saturated carbocycles. The van der Waals surface area contributed by atoms with E-state index in [1.165, 1.54) is 30.6 Å². The summed E-state index contributed by atoms with van der Waals surface area (Å²) in [6.45, 7) is 4.23. The van der Waals surface area contributed by atoms with E-state index in [0.29, 0.717) is 32.6 Å². The Balaban J connectivity index is 1.54. The lowest BCUT2D eigenvalue weighted by Crippen LogP contribution is -2.30. The van der Waals surface area contributed by atoms with E-state index in [9.17, 15) is 5.26 Å². The Morgan fingerprint density at radius 1 is 1.29 bits per heavy atom. The van der Waals surface area contributed by atoms with Crippen molar-refractivity contribution >= 4 is 28.8 Å². The standard InChI is InChI=1S/C22H23N7OS/c1-2-17-20(24)31-21(27-17)16(13-23)18-7-9-26-22(28-18)30-14-15-6-8-25-19(12-15)29-10-4-3-5-11-29/h2,6-9,12,24,27H,3-5,10-11,14H2,1H3/b17-2?,21-16+,24-20?. The molecule has 0 radical (unpaired) electrons. The zero-order valence-corrected chi connectivity index (χ0v) is 18.1. The van der Waals surface area contributed by atoms with Crippen LogP contribution in [0.1, 0.15) is 37.4 Å². The number of aromatic amines is 1. The summed E-state index contributed by atoms with van der Waals surface area (Å²) in [5.41, 5.74) is 1.80. The van der Waals surface area contributed by atoms with Gasteiger partial charge in [-0.3, -0.25) is 5.41 Å². The van der Waals surface area contributed by atoms with Crippen molar-refractivity contribution in [2.24, 2.45) is 0 Å². The van der Waals surface area contributed by atoms with Crippen LogP contribution in [-0.2, 0) is 6.61 Å². The number of nitriles is 1. The molecule has 0 unspecified atom stereocenters. The van der Waals surface area contributed by atoms with Crippen LogP contribution in [0.3, 0.4) is 0 Å². The quantitative estimate of drug-likeness (QED) is 0.634. The first-order chi connectivity index (χ1) is 15.2. The van der Waals surface area contributed by atoms with Crippen LogP contribution in [0.15, 0.2) is 30.6 Å². The third-order valence-electron chi connectivity index (χ3n) is 5.07. The molecule has 1 aliphatic rings. The number of H-pyrrole nitrogens is 1. The average molecular weight is 434 g/mol. The highest BCUT2D eigenvalue weighted by Crippen LogP contribution is 2.19. The largest absolute Gasteiger partial charge is 0.459 e. The van der Waals surface area contributed by atoms with E-state index in [2.05, 4.69) is 30.9 Å². The third kappa shape index (κ3) is 4.81. The fourth-order valence-electron chi connectivity index (χ4n) is 3.45. The zero-order chi connectivity index (χ0) is 21.6. The summed E-state index contributed by atoms with van der Waals surface area (Å²) in [5.74, 6) is 0.971. The lowest BCUT2D eigenvalue weighted by molar-refractivity contribution is 0.280. The molecule has 8 nitrogen and oxygen atoms in total. The minimum Gasteiger partial charge on any atom is -0.459 e. The van der Waals surface area contributed by atoms with Gasteiger partial charge in [0.1, 0.15) is 33.4 Å². The van der Waals surface area contributed by atoms with Crippen molar-refractivity contribution in [1.82, 2.24) is 19.9 Å². The molecule has 4 heterocycles. The molecule has 9 heteroatoms. The van der Waals surface area contributed by atoms with Gasteiger partial charge >= 0.3 is 6.01 Å². The minimum absolute atomic E-state index is 0.200. The molecule has 0 aliphatic carbocycles. The maximum atomic E-state index is 9.67. The number of thiazole rings is 1. The summed E-state index contributed by atoms with van der Waals surface area (Å²) < 4.78 is 6.78. The predicted molar refractivity (Wildman–Crippen MR) is 119 cm³/mol. The van der Waals surface area contributed by atoms with Crippen LogP contribution in [0.2, 0.25) is 0 Å². The lowest BCUT2D eigenvalue weighted by atomic mass is 10.1. The number of pyridine rings is 1. The Hall–Kier alpha value is -3.51. The first-order valence-electron chi connectivity index (χ1n) is 10.2. The monoisotopic (exact) mass is 433 g/mol. The third-order valence-corrected chi connectivity index (χ3v) is 6.01. The van der Waals surface area contributed by atoms with Gasteiger partial charge in [0.25, 0.3) is 0 Å². The molecule has 1 saturated heterocycles. The molecular formula is C22H23N7OS. The normalized spacial score (nSPS) is 15.5. The van der Waals surface area contributed by atoms with Crippen LogP contribution in [0.25, 0.3) is 11.6 Å². The van der Waals surface area contributed by atoms with E-state index < -0.39 is 0 Å². The smallest absolute Gasteiger partial charge is 0.317 e. The fraction of sp³-hybridized carbons (Fsp3) is 0.318. The van der Waals surface area contributed by atoms with Crippen LogP contribution in [-0.4, -0.2) is 33.0 Å². The number of ether oxygens (including phenoxy) is 1. The second-order valence-corrected chi connectivity index (χ2v) is 8.18. The molecule has 31 heavy (non-hydrogen) atoms. The summed E-state index contributed by atoms with van der Waals surface area (Å²) >= 11 is 1.21. The number of nitrogens with one attached hydrogen (secondary N) is 2. The average Bonchev–Trinajstić information content (AvgIpc) is 3.19. The van der Waals surface area contributed by atoms with Gasteiger partial charge in [0, 0.05) is 25.5 Å². The molecule has 2 N–H and O–H groups in total. The highest BCUT2D eigenvalue weighted by Gasteiger charge is 2.13. The summed E-state index contributed by atoms with van der Waals surface area (Å²) in [6.07, 6.45) is 8.85. The molecule has 4 rings (SSSR count). The van der Waals surface area contributed by atoms with E-state index >= 15 is 0 Å². The number of hydrogen-bond acceptors (Lipinski definition) is 8. The van der Waals surface area contributed by atoms with Gasteiger partial charge < -0.3 is 14.6 Å². The van der Waals surface area contributed by atoms with Gasteiger partial charge in [-0.25, -0.2) is 9.97 Å². The van der Waals surface area contributed by atoms with Crippen molar-refractivity contribution in [2.45, 2.75) is 32.8 Å². The lowest BCUT2D eigenvalue weighted by Gasteiger charge is -2.27. The van der Waals surface area contributed by atoms with Crippen LogP contribution < -0.4 is 24.3 Å². The molecule has 3 aromatic rings. The Morgan fingerprint density at radius 3 is 2.84 bits per heavy atom. The molecule has 1 aliphatic heterocycles. The maximum absolute atomic E-state index is 9.67. The molecule has 0 amide bonds. The van der Waals surface area contributed by atoms with Crippen molar-refractivity contribution < 1.29 is 4.74 Å². The summed E-state index contributed by atoms with van der Waals surface area (Å²) in [5, 5.41) is 18.3. The molecular weight excluding hydrogens is 410 g/mol. The number of hydrogen-bond donors (Lipinski definition) is 2. The first-order valence-corrected chi connectivity index (χ1v) is 11.0. The Bertz CT molecular complexity index is 1280. The van der Waals surface area contributed by atoms with E-state index in [0.717, 1.165) is 24.5 Å². The second kappa shape index (κ2) is 9.53. The topological polar surface area (TPSA) is 115 Å². The number of anilines is 1. The van der Waals surface area contributed by atoms with Crippen molar-refractivity contribution in [1.29, 1.82) is 10.7 Å². The summed E-state index contributed by atoms with van der Waals surface area (Å²) in [6, 6.07) is 8.01. The molecule has 0 aromatic carbocycles. The van der Waals surface area contributed by atoms with Crippen molar-refractivity contribution in [2.75, 3.05) is 18.0 Å². The summed E-state index contributed by atoms with van der Waals surface area (Å²) in [4.78, 5) is 18.5. The molecule has 0 bridgehead atoms. The van der Waals surface area contributed by atoms with E-state index in [1.807, 2.05) is 19.1 Å². The minimum atomic E-state index is 0.200. The predicted octanol–water partition coefficient (Wildman–Crippen LogP) is 1.83. The molecule has 1 fully saturated rings. The van der Waals surface area contributed by atoms with Crippen LogP contribution in [0, 0.1) is 16.7 Å². The van der Waals surface area contributed by atoms with Crippen molar-refractivity contribution in [3.8, 4) is 12.1 Å². The highest BCUT2D eigenvalue weighted by atomic mass is 32.1. The summed E-state index contributed by atoms with van der Waals surface area (Å²) in [7, 11) is 0. The van der Waals surface area contributed by atoms with Gasteiger partial charge in [-0.05, 0) is 49.9 Å². The van der Waals surface area contributed by atoms with E-state index in [4.69, 9.17) is 10.1 Å². The first kappa shape index (κ1) is 20.8. The molecule has 3 aromatic heterocycles. The SMILES string of the molecule is CC=c1[nH]/c(=C(/C#N)c2ccnc(OCc3ccnc(N4CCCCC4)c3)n2)sc1=N. The number of nitrogens with zero attached hydrogens (tertiary/aromatic N) is 5. The molecule has 0 spiro atoms. The Labute approximate surface area is 183 Å². The van der Waals surface area contributed by atoms with E-state index in [-0.39, 0.29) is 6.01 Å². The van der Waals surface area contributed by atoms with Gasteiger partial charge in [0.2, 0.25) is 0 Å². The van der Waals surface area contributed by atoms with Crippen LogP contribution in [0.5, 0.6) is 6.01 Å². The van der Waals surface area contributed by atoms with Gasteiger partial charge in [0.05, 0.1) is 11.0 Å². The Morgan fingerprint density at radius 2 is 2.10 bits per heavy atom. The van der Waals surface area contributed by atoms with Gasteiger partial charge in [-0.1, -0.05) is 17.4 Å².